The maximum atomic E-state index is 10.9. The van der Waals surface area contributed by atoms with E-state index in [1.165, 1.54) is 23.0 Å². The van der Waals surface area contributed by atoms with Crippen molar-refractivity contribution in [3.8, 4) is 0 Å². The van der Waals surface area contributed by atoms with Gasteiger partial charge in [0.2, 0.25) is 0 Å². The number of nitro benzene ring substituents is 1. The molecule has 0 aliphatic carbocycles. The zero-order valence-corrected chi connectivity index (χ0v) is 12.5. The van der Waals surface area contributed by atoms with Crippen LogP contribution in [0, 0.1) is 10.1 Å². The number of hydrogen-bond donors (Lipinski definition) is 0. The molecule has 5 nitrogen and oxygen atoms in total. The minimum absolute atomic E-state index is 0.117. The fourth-order valence-corrected chi connectivity index (χ4v) is 3.85. The smallest absolute Gasteiger partial charge is 0.270 e. The highest BCUT2D eigenvalue weighted by Gasteiger charge is 2.31. The molecule has 0 N–H and O–H groups in total. The number of rotatable bonds is 3. The minimum atomic E-state index is -0.366. The zero-order valence-electron chi connectivity index (χ0n) is 11.7. The highest BCUT2D eigenvalue weighted by Crippen LogP contribution is 2.41. The molecule has 110 valence electrons. The molecule has 0 saturated carbocycles. The van der Waals surface area contributed by atoms with Crippen LogP contribution in [0.4, 0.5) is 10.8 Å². The highest BCUT2D eigenvalue weighted by atomic mass is 32.1. The molecule has 3 aromatic rings. The van der Waals surface area contributed by atoms with Crippen LogP contribution in [0.25, 0.3) is 10.2 Å². The van der Waals surface area contributed by atoms with Gasteiger partial charge in [-0.2, -0.15) is 0 Å². The average Bonchev–Trinajstić information content (AvgIpc) is 2.89. The predicted molar refractivity (Wildman–Crippen MR) is 87.4 cm³/mol. The lowest BCUT2D eigenvalue weighted by molar-refractivity contribution is -0.384. The normalized spacial score (nSPS) is 17.5. The van der Waals surface area contributed by atoms with Crippen molar-refractivity contribution in [3.63, 3.8) is 0 Å². The second kappa shape index (κ2) is 5.06. The van der Waals surface area contributed by atoms with Crippen LogP contribution in [-0.2, 0) is 0 Å². The van der Waals surface area contributed by atoms with Crippen LogP contribution in [-0.4, -0.2) is 16.5 Å². The van der Waals surface area contributed by atoms with Crippen molar-refractivity contribution in [1.29, 1.82) is 0 Å². The number of thiazole rings is 1. The summed E-state index contributed by atoms with van der Waals surface area (Å²) in [7, 11) is 0. The van der Waals surface area contributed by atoms with E-state index >= 15 is 0 Å². The van der Waals surface area contributed by atoms with E-state index in [2.05, 4.69) is 22.0 Å². The largest absolute Gasteiger partial charge is 0.341 e. The molecule has 1 fully saturated rings. The van der Waals surface area contributed by atoms with Gasteiger partial charge in [-0.15, -0.1) is 0 Å². The summed E-state index contributed by atoms with van der Waals surface area (Å²) >= 11 is 1.52. The van der Waals surface area contributed by atoms with E-state index in [1.54, 1.807) is 12.1 Å². The lowest BCUT2D eigenvalue weighted by atomic mass is 9.96. The van der Waals surface area contributed by atoms with Crippen LogP contribution < -0.4 is 4.90 Å². The Morgan fingerprint density at radius 2 is 2.05 bits per heavy atom. The van der Waals surface area contributed by atoms with Crippen molar-refractivity contribution in [1.82, 2.24) is 4.98 Å². The lowest BCUT2D eigenvalue weighted by Crippen LogP contribution is -2.40. The SMILES string of the molecule is O=[N+]([O-])c1ccc2nc(N3CCC3c3ccccc3)sc2c1. The van der Waals surface area contributed by atoms with Crippen molar-refractivity contribution in [2.45, 2.75) is 12.5 Å². The molecule has 0 spiro atoms. The van der Waals surface area contributed by atoms with Crippen LogP contribution >= 0.6 is 11.3 Å². The summed E-state index contributed by atoms with van der Waals surface area (Å²) in [6.07, 6.45) is 1.11. The summed E-state index contributed by atoms with van der Waals surface area (Å²) in [5, 5.41) is 11.8. The molecule has 1 atom stereocenters. The quantitative estimate of drug-likeness (QED) is 0.538. The number of non-ortho nitro benzene ring substituents is 1. The van der Waals surface area contributed by atoms with Gasteiger partial charge in [0, 0.05) is 18.7 Å². The zero-order chi connectivity index (χ0) is 15.1. The number of aromatic nitrogens is 1. The Hall–Kier alpha value is -2.47. The third kappa shape index (κ3) is 2.12. The highest BCUT2D eigenvalue weighted by molar-refractivity contribution is 7.22. The van der Waals surface area contributed by atoms with Crippen molar-refractivity contribution in [3.05, 3.63) is 64.2 Å². The lowest BCUT2D eigenvalue weighted by Gasteiger charge is -2.41. The molecule has 6 heteroatoms. The molecular formula is C16H13N3O2S. The summed E-state index contributed by atoms with van der Waals surface area (Å²) in [4.78, 5) is 17.4. The Morgan fingerprint density at radius 1 is 1.23 bits per heavy atom. The Balaban J connectivity index is 1.68. The maximum Gasteiger partial charge on any atom is 0.270 e. The molecule has 0 radical (unpaired) electrons. The minimum Gasteiger partial charge on any atom is -0.341 e. The van der Waals surface area contributed by atoms with Crippen LogP contribution in [0.2, 0.25) is 0 Å². The van der Waals surface area contributed by atoms with Crippen LogP contribution in [0.1, 0.15) is 18.0 Å². The molecule has 0 bridgehead atoms. The summed E-state index contributed by atoms with van der Waals surface area (Å²) < 4.78 is 0.864. The molecule has 1 aliphatic rings. The van der Waals surface area contributed by atoms with Crippen LogP contribution in [0.15, 0.2) is 48.5 Å². The van der Waals surface area contributed by atoms with Crippen molar-refractivity contribution >= 4 is 32.4 Å². The third-order valence-electron chi connectivity index (χ3n) is 4.02. The summed E-state index contributed by atoms with van der Waals surface area (Å²) in [5.74, 6) is 0. The van der Waals surface area contributed by atoms with Gasteiger partial charge in [-0.1, -0.05) is 41.7 Å². The van der Waals surface area contributed by atoms with E-state index < -0.39 is 0 Å². The van der Waals surface area contributed by atoms with Crippen molar-refractivity contribution < 1.29 is 4.92 Å². The summed E-state index contributed by atoms with van der Waals surface area (Å²) in [6, 6.07) is 15.6. The van der Waals surface area contributed by atoms with Crippen molar-refractivity contribution in [2.24, 2.45) is 0 Å². The first kappa shape index (κ1) is 13.2. The molecule has 4 rings (SSSR count). The topological polar surface area (TPSA) is 59.3 Å². The monoisotopic (exact) mass is 311 g/mol. The van der Waals surface area contributed by atoms with E-state index in [0.717, 1.165) is 28.3 Å². The Labute approximate surface area is 131 Å². The van der Waals surface area contributed by atoms with Crippen LogP contribution in [0.3, 0.4) is 0 Å². The Bertz CT molecular complexity index is 847. The Morgan fingerprint density at radius 3 is 2.73 bits per heavy atom. The fourth-order valence-electron chi connectivity index (χ4n) is 2.78. The second-order valence-electron chi connectivity index (χ2n) is 5.31. The average molecular weight is 311 g/mol. The van der Waals surface area contributed by atoms with E-state index in [1.807, 2.05) is 18.2 Å². The molecule has 22 heavy (non-hydrogen) atoms. The van der Waals surface area contributed by atoms with Crippen molar-refractivity contribution in [2.75, 3.05) is 11.4 Å². The number of benzene rings is 2. The van der Waals surface area contributed by atoms with E-state index in [9.17, 15) is 10.1 Å². The molecule has 2 heterocycles. The van der Waals surface area contributed by atoms with Gasteiger partial charge < -0.3 is 4.90 Å². The first-order valence-corrected chi connectivity index (χ1v) is 7.90. The molecule has 1 aromatic heterocycles. The number of nitro groups is 1. The number of anilines is 1. The first-order chi connectivity index (χ1) is 10.7. The van der Waals surface area contributed by atoms with Gasteiger partial charge >= 0.3 is 0 Å². The second-order valence-corrected chi connectivity index (χ2v) is 6.32. The van der Waals surface area contributed by atoms with E-state index in [0.29, 0.717) is 6.04 Å². The summed E-state index contributed by atoms with van der Waals surface area (Å²) in [6.45, 7) is 0.974. The molecule has 0 amide bonds. The summed E-state index contributed by atoms with van der Waals surface area (Å²) in [5.41, 5.74) is 2.23. The molecule has 2 aromatic carbocycles. The van der Waals surface area contributed by atoms with Gasteiger partial charge in [0.25, 0.3) is 5.69 Å². The van der Waals surface area contributed by atoms with Gasteiger partial charge in [-0.25, -0.2) is 4.98 Å². The number of fused-ring (bicyclic) bond motifs is 1. The molecular weight excluding hydrogens is 298 g/mol. The van der Waals surface area contributed by atoms with Gasteiger partial charge in [0.15, 0.2) is 5.13 Å². The van der Waals surface area contributed by atoms with Gasteiger partial charge in [0.05, 0.1) is 21.2 Å². The van der Waals surface area contributed by atoms with Gasteiger partial charge in [0.1, 0.15) is 0 Å². The Kier molecular flexibility index (Phi) is 3.04. The standard InChI is InChI=1S/C16H13N3O2S/c20-19(21)12-6-7-13-15(10-12)22-16(17-13)18-9-8-14(18)11-4-2-1-3-5-11/h1-7,10,14H,8-9H2. The first-order valence-electron chi connectivity index (χ1n) is 7.09. The number of hydrogen-bond acceptors (Lipinski definition) is 5. The number of nitrogens with zero attached hydrogens (tertiary/aromatic N) is 3. The molecule has 1 unspecified atom stereocenters. The predicted octanol–water partition coefficient (Wildman–Crippen LogP) is 4.16. The van der Waals surface area contributed by atoms with E-state index in [4.69, 9.17) is 0 Å². The maximum absolute atomic E-state index is 10.9. The van der Waals surface area contributed by atoms with Gasteiger partial charge in [-0.3, -0.25) is 10.1 Å². The third-order valence-corrected chi connectivity index (χ3v) is 5.08. The molecule has 1 aliphatic heterocycles. The van der Waals surface area contributed by atoms with Crippen LogP contribution in [0.5, 0.6) is 0 Å². The van der Waals surface area contributed by atoms with Gasteiger partial charge in [-0.05, 0) is 18.1 Å². The van der Waals surface area contributed by atoms with E-state index in [-0.39, 0.29) is 10.6 Å². The fraction of sp³-hybridized carbons (Fsp3) is 0.188. The molecule has 1 saturated heterocycles.